The normalized spacial score (nSPS) is 18.7. The number of carbonyl (C=O) groups excluding carboxylic acids is 1. The van der Waals surface area contributed by atoms with Gasteiger partial charge in [0.25, 0.3) is 0 Å². The first kappa shape index (κ1) is 17.5. The Kier molecular flexibility index (Phi) is 4.81. The van der Waals surface area contributed by atoms with Gasteiger partial charge >= 0.3 is 6.03 Å². The van der Waals surface area contributed by atoms with Gasteiger partial charge in [-0.3, -0.25) is 4.90 Å². The molecule has 2 aromatic rings. The van der Waals surface area contributed by atoms with E-state index in [1.54, 1.807) is 4.90 Å². The lowest BCUT2D eigenvalue weighted by atomic mass is 10.1. The Bertz CT molecular complexity index is 879. The number of nitrogens with one attached hydrogen (secondary N) is 1. The standard InChI is InChI=1S/C19H22N2O3S/c1-14-8-9-17(12-15(14)2)21(18-10-11-25(23,24)13-18)19(22)20-16-6-4-3-5-7-16/h3-9,12,18H,10-11,13H2,1-2H3,(H,20,22)/t18-/m0/s1. The molecule has 1 fully saturated rings. The topological polar surface area (TPSA) is 66.5 Å². The zero-order valence-corrected chi connectivity index (χ0v) is 15.2. The number of hydrogen-bond acceptors (Lipinski definition) is 3. The molecule has 2 aromatic carbocycles. The molecule has 1 N–H and O–H groups in total. The fraction of sp³-hybridized carbons (Fsp3) is 0.316. The molecule has 0 bridgehead atoms. The largest absolute Gasteiger partial charge is 0.326 e. The third-order valence-electron chi connectivity index (χ3n) is 4.59. The summed E-state index contributed by atoms with van der Waals surface area (Å²) in [6, 6.07) is 14.3. The molecular weight excluding hydrogens is 336 g/mol. The van der Waals surface area contributed by atoms with E-state index < -0.39 is 9.84 Å². The number of para-hydroxylation sites is 1. The van der Waals surface area contributed by atoms with Gasteiger partial charge in [0.05, 0.1) is 17.5 Å². The number of anilines is 2. The molecule has 6 heteroatoms. The predicted octanol–water partition coefficient (Wildman–Crippen LogP) is 3.53. The van der Waals surface area contributed by atoms with Crippen molar-refractivity contribution in [3.63, 3.8) is 0 Å². The smallest absolute Gasteiger partial charge is 0.308 e. The molecule has 132 valence electrons. The number of hydrogen-bond donors (Lipinski definition) is 1. The van der Waals surface area contributed by atoms with E-state index in [1.165, 1.54) is 0 Å². The van der Waals surface area contributed by atoms with E-state index in [4.69, 9.17) is 0 Å². The zero-order chi connectivity index (χ0) is 18.0. The van der Waals surface area contributed by atoms with Crippen LogP contribution in [0.3, 0.4) is 0 Å². The summed E-state index contributed by atoms with van der Waals surface area (Å²) in [5, 5.41) is 2.87. The SMILES string of the molecule is Cc1ccc(N(C(=O)Nc2ccccc2)[C@H]2CCS(=O)(=O)C2)cc1C. The fourth-order valence-electron chi connectivity index (χ4n) is 3.05. The lowest BCUT2D eigenvalue weighted by Gasteiger charge is -2.29. The Balaban J connectivity index is 1.93. The molecule has 5 nitrogen and oxygen atoms in total. The number of carbonyl (C=O) groups is 1. The van der Waals surface area contributed by atoms with Crippen LogP contribution in [0.1, 0.15) is 17.5 Å². The minimum atomic E-state index is -3.09. The highest BCUT2D eigenvalue weighted by Crippen LogP contribution is 2.27. The van der Waals surface area contributed by atoms with Crippen LogP contribution in [0.5, 0.6) is 0 Å². The van der Waals surface area contributed by atoms with Crippen molar-refractivity contribution in [2.75, 3.05) is 21.7 Å². The van der Waals surface area contributed by atoms with Crippen molar-refractivity contribution in [2.24, 2.45) is 0 Å². The zero-order valence-electron chi connectivity index (χ0n) is 14.4. The molecule has 1 aliphatic rings. The predicted molar refractivity (Wildman–Crippen MR) is 101 cm³/mol. The quantitative estimate of drug-likeness (QED) is 0.913. The van der Waals surface area contributed by atoms with E-state index >= 15 is 0 Å². The maximum atomic E-state index is 12.9. The molecule has 1 saturated heterocycles. The molecule has 0 radical (unpaired) electrons. The van der Waals surface area contributed by atoms with E-state index in [9.17, 15) is 13.2 Å². The summed E-state index contributed by atoms with van der Waals surface area (Å²) in [5.74, 6) is 0.125. The van der Waals surface area contributed by atoms with Crippen LogP contribution in [0.15, 0.2) is 48.5 Å². The summed E-state index contributed by atoms with van der Waals surface area (Å²) in [5.41, 5.74) is 3.60. The fourth-order valence-corrected chi connectivity index (χ4v) is 4.75. The van der Waals surface area contributed by atoms with Crippen molar-refractivity contribution in [1.82, 2.24) is 0 Å². The van der Waals surface area contributed by atoms with Gasteiger partial charge in [-0.05, 0) is 55.7 Å². The van der Waals surface area contributed by atoms with Crippen LogP contribution >= 0.6 is 0 Å². The van der Waals surface area contributed by atoms with Gasteiger partial charge in [0.15, 0.2) is 9.84 Å². The molecule has 0 saturated carbocycles. The van der Waals surface area contributed by atoms with Crippen molar-refractivity contribution in [2.45, 2.75) is 26.3 Å². The molecule has 25 heavy (non-hydrogen) atoms. The van der Waals surface area contributed by atoms with Gasteiger partial charge in [-0.1, -0.05) is 24.3 Å². The van der Waals surface area contributed by atoms with E-state index in [2.05, 4.69) is 5.32 Å². The van der Waals surface area contributed by atoms with E-state index in [1.807, 2.05) is 62.4 Å². The first-order valence-corrected chi connectivity index (χ1v) is 10.1. The highest BCUT2D eigenvalue weighted by Gasteiger charge is 2.35. The molecule has 2 amide bonds. The van der Waals surface area contributed by atoms with Gasteiger partial charge in [0.1, 0.15) is 0 Å². The van der Waals surface area contributed by atoms with Crippen LogP contribution in [0, 0.1) is 13.8 Å². The number of nitrogens with zero attached hydrogens (tertiary/aromatic N) is 1. The van der Waals surface area contributed by atoms with Gasteiger partial charge in [-0.2, -0.15) is 0 Å². The van der Waals surface area contributed by atoms with Gasteiger partial charge in [0.2, 0.25) is 0 Å². The van der Waals surface area contributed by atoms with Gasteiger partial charge < -0.3 is 5.32 Å². The van der Waals surface area contributed by atoms with Crippen molar-refractivity contribution >= 4 is 27.2 Å². The average Bonchev–Trinajstić information content (AvgIpc) is 2.91. The van der Waals surface area contributed by atoms with Crippen LogP contribution < -0.4 is 10.2 Å². The molecule has 0 aliphatic carbocycles. The first-order chi connectivity index (χ1) is 11.9. The Hall–Kier alpha value is -2.34. The van der Waals surface area contributed by atoms with E-state index in [0.717, 1.165) is 16.8 Å². The van der Waals surface area contributed by atoms with Crippen LogP contribution in [0.2, 0.25) is 0 Å². The summed E-state index contributed by atoms with van der Waals surface area (Å²) >= 11 is 0. The van der Waals surface area contributed by atoms with E-state index in [0.29, 0.717) is 12.1 Å². The third kappa shape index (κ3) is 4.02. The maximum absolute atomic E-state index is 12.9. The van der Waals surface area contributed by atoms with Crippen LogP contribution in [0.25, 0.3) is 0 Å². The molecule has 1 aliphatic heterocycles. The highest BCUT2D eigenvalue weighted by molar-refractivity contribution is 7.91. The molecule has 1 heterocycles. The van der Waals surface area contributed by atoms with E-state index in [-0.39, 0.29) is 23.6 Å². The number of sulfone groups is 1. The summed E-state index contributed by atoms with van der Waals surface area (Å²) in [6.45, 7) is 3.99. The van der Waals surface area contributed by atoms with Gasteiger partial charge in [-0.15, -0.1) is 0 Å². The number of aryl methyl sites for hydroxylation is 2. The lowest BCUT2D eigenvalue weighted by molar-refractivity contribution is 0.255. The summed E-state index contributed by atoms with van der Waals surface area (Å²) in [6.07, 6.45) is 0.456. The Labute approximate surface area is 148 Å². The molecular formula is C19H22N2O3S. The molecule has 0 unspecified atom stereocenters. The second-order valence-corrected chi connectivity index (χ2v) is 8.72. The Morgan fingerprint density at radius 3 is 2.40 bits per heavy atom. The second kappa shape index (κ2) is 6.88. The molecule has 3 rings (SSSR count). The van der Waals surface area contributed by atoms with Gasteiger partial charge in [0, 0.05) is 11.4 Å². The number of rotatable bonds is 3. The monoisotopic (exact) mass is 358 g/mol. The van der Waals surface area contributed by atoms with Crippen molar-refractivity contribution in [1.29, 1.82) is 0 Å². The summed E-state index contributed by atoms with van der Waals surface area (Å²) < 4.78 is 23.8. The van der Waals surface area contributed by atoms with Crippen molar-refractivity contribution in [3.05, 3.63) is 59.7 Å². The number of amides is 2. The second-order valence-electron chi connectivity index (χ2n) is 6.49. The highest BCUT2D eigenvalue weighted by atomic mass is 32.2. The molecule has 0 spiro atoms. The summed E-state index contributed by atoms with van der Waals surface area (Å²) in [4.78, 5) is 14.5. The number of benzene rings is 2. The number of urea groups is 1. The lowest BCUT2D eigenvalue weighted by Crippen LogP contribution is -2.44. The molecule has 0 aromatic heterocycles. The Morgan fingerprint density at radius 2 is 1.80 bits per heavy atom. The first-order valence-electron chi connectivity index (χ1n) is 8.29. The van der Waals surface area contributed by atoms with Crippen molar-refractivity contribution in [3.8, 4) is 0 Å². The van der Waals surface area contributed by atoms with Crippen LogP contribution in [-0.4, -0.2) is 32.0 Å². The Morgan fingerprint density at radius 1 is 1.08 bits per heavy atom. The maximum Gasteiger partial charge on any atom is 0.326 e. The molecule has 1 atom stereocenters. The minimum absolute atomic E-state index is 0.00212. The van der Waals surface area contributed by atoms with Crippen LogP contribution in [0.4, 0.5) is 16.2 Å². The van der Waals surface area contributed by atoms with Crippen LogP contribution in [-0.2, 0) is 9.84 Å². The van der Waals surface area contributed by atoms with Crippen molar-refractivity contribution < 1.29 is 13.2 Å². The van der Waals surface area contributed by atoms with Gasteiger partial charge in [-0.25, -0.2) is 13.2 Å². The summed E-state index contributed by atoms with van der Waals surface area (Å²) in [7, 11) is -3.09. The third-order valence-corrected chi connectivity index (χ3v) is 6.34. The minimum Gasteiger partial charge on any atom is -0.308 e. The average molecular weight is 358 g/mol.